The molecular weight excluding hydrogens is 240 g/mol. The Kier molecular flexibility index (Phi) is 2.98. The van der Waals surface area contributed by atoms with Gasteiger partial charge in [0.2, 0.25) is 0 Å². The van der Waals surface area contributed by atoms with Crippen LogP contribution in [0.4, 0.5) is 0 Å². The van der Waals surface area contributed by atoms with E-state index in [0.717, 1.165) is 35.9 Å². The molecule has 19 heavy (non-hydrogen) atoms. The summed E-state index contributed by atoms with van der Waals surface area (Å²) < 4.78 is 0. The van der Waals surface area contributed by atoms with Crippen LogP contribution in [-0.4, -0.2) is 39.6 Å². The van der Waals surface area contributed by atoms with Crippen LogP contribution in [0.5, 0.6) is 0 Å². The minimum Gasteiger partial charge on any atom is -0.336 e. The molecule has 1 aliphatic rings. The van der Waals surface area contributed by atoms with E-state index < -0.39 is 0 Å². The maximum atomic E-state index is 12.5. The van der Waals surface area contributed by atoms with Gasteiger partial charge in [-0.15, -0.1) is 0 Å². The summed E-state index contributed by atoms with van der Waals surface area (Å²) in [4.78, 5) is 14.5. The first-order chi connectivity index (χ1) is 9.15. The number of carbonyl (C=O) groups excluding carboxylic acids is 1. The van der Waals surface area contributed by atoms with Crippen molar-refractivity contribution in [1.29, 1.82) is 0 Å². The maximum Gasteiger partial charge on any atom is 0.254 e. The molecule has 0 aliphatic carbocycles. The first kappa shape index (κ1) is 12.2. The smallest absolute Gasteiger partial charge is 0.254 e. The molecule has 3 rings (SSSR count). The van der Waals surface area contributed by atoms with Crippen molar-refractivity contribution in [3.05, 3.63) is 30.0 Å². The number of hydrogen-bond acceptors (Lipinski definition) is 3. The molecule has 100 valence electrons. The van der Waals surface area contributed by atoms with Crippen molar-refractivity contribution in [3.8, 4) is 0 Å². The number of likely N-dealkylation sites (tertiary alicyclic amines) is 1. The largest absolute Gasteiger partial charge is 0.336 e. The lowest BCUT2D eigenvalue weighted by Crippen LogP contribution is -2.48. The summed E-state index contributed by atoms with van der Waals surface area (Å²) >= 11 is 0. The number of benzene rings is 1. The predicted molar refractivity (Wildman–Crippen MR) is 73.8 cm³/mol. The highest BCUT2D eigenvalue weighted by Crippen LogP contribution is 2.20. The molecule has 0 spiro atoms. The van der Waals surface area contributed by atoms with E-state index in [2.05, 4.69) is 17.1 Å². The SMILES string of the molecule is C[C@@H]1C[C@H](N)CCN1C(=O)c1ccc2[nH]ncc2c1. The minimum atomic E-state index is 0.0856. The number of H-pyrrole nitrogens is 1. The van der Waals surface area contributed by atoms with Gasteiger partial charge in [-0.2, -0.15) is 5.10 Å². The standard InChI is InChI=1S/C14H18N4O/c1-9-6-12(15)4-5-18(9)14(19)10-2-3-13-11(7-10)8-16-17-13/h2-3,7-9,12H,4-6,15H2,1H3,(H,16,17)/t9-,12-/m1/s1. The fourth-order valence-corrected chi connectivity index (χ4v) is 2.75. The molecule has 1 amide bonds. The van der Waals surface area contributed by atoms with E-state index in [0.29, 0.717) is 0 Å². The van der Waals surface area contributed by atoms with Gasteiger partial charge in [0.1, 0.15) is 0 Å². The van der Waals surface area contributed by atoms with E-state index in [1.807, 2.05) is 23.1 Å². The van der Waals surface area contributed by atoms with E-state index in [9.17, 15) is 4.79 Å². The zero-order valence-corrected chi connectivity index (χ0v) is 11.0. The van der Waals surface area contributed by atoms with Gasteiger partial charge in [-0.1, -0.05) is 0 Å². The van der Waals surface area contributed by atoms with Crippen LogP contribution >= 0.6 is 0 Å². The van der Waals surface area contributed by atoms with E-state index in [-0.39, 0.29) is 18.0 Å². The van der Waals surface area contributed by atoms with Gasteiger partial charge in [-0.25, -0.2) is 0 Å². The van der Waals surface area contributed by atoms with Gasteiger partial charge < -0.3 is 10.6 Å². The van der Waals surface area contributed by atoms with Crippen molar-refractivity contribution in [2.75, 3.05) is 6.54 Å². The average molecular weight is 258 g/mol. The molecule has 5 nitrogen and oxygen atoms in total. The normalized spacial score (nSPS) is 23.8. The number of amides is 1. The number of aromatic amines is 1. The molecule has 1 saturated heterocycles. The van der Waals surface area contributed by atoms with Gasteiger partial charge in [0.15, 0.2) is 0 Å². The molecule has 0 radical (unpaired) electrons. The number of aromatic nitrogens is 2. The Morgan fingerprint density at radius 2 is 2.37 bits per heavy atom. The second-order valence-electron chi connectivity index (χ2n) is 5.30. The van der Waals surface area contributed by atoms with Gasteiger partial charge in [-0.3, -0.25) is 9.89 Å². The van der Waals surface area contributed by atoms with Crippen molar-refractivity contribution in [2.45, 2.75) is 31.8 Å². The van der Waals surface area contributed by atoms with E-state index in [4.69, 9.17) is 5.73 Å². The Labute approximate surface area is 111 Å². The molecular formula is C14H18N4O. The number of piperidine rings is 1. The first-order valence-electron chi connectivity index (χ1n) is 6.65. The summed E-state index contributed by atoms with van der Waals surface area (Å²) in [7, 11) is 0. The van der Waals surface area contributed by atoms with Crippen molar-refractivity contribution in [2.24, 2.45) is 5.73 Å². The molecule has 2 atom stereocenters. The van der Waals surface area contributed by atoms with Crippen LogP contribution in [0.1, 0.15) is 30.1 Å². The third-order valence-corrected chi connectivity index (χ3v) is 3.86. The molecule has 2 aromatic rings. The molecule has 0 saturated carbocycles. The molecule has 2 heterocycles. The van der Waals surface area contributed by atoms with Crippen LogP contribution < -0.4 is 5.73 Å². The number of rotatable bonds is 1. The number of nitrogens with two attached hydrogens (primary N) is 1. The lowest BCUT2D eigenvalue weighted by molar-refractivity contribution is 0.0619. The van der Waals surface area contributed by atoms with Crippen molar-refractivity contribution in [3.63, 3.8) is 0 Å². The summed E-state index contributed by atoms with van der Waals surface area (Å²) in [5.41, 5.74) is 7.60. The Morgan fingerprint density at radius 3 is 3.16 bits per heavy atom. The van der Waals surface area contributed by atoms with E-state index >= 15 is 0 Å². The number of nitrogens with one attached hydrogen (secondary N) is 1. The second-order valence-corrected chi connectivity index (χ2v) is 5.30. The fraction of sp³-hybridized carbons (Fsp3) is 0.429. The number of nitrogens with zero attached hydrogens (tertiary/aromatic N) is 2. The van der Waals surface area contributed by atoms with Gasteiger partial charge >= 0.3 is 0 Å². The molecule has 0 unspecified atom stereocenters. The van der Waals surface area contributed by atoms with Crippen molar-refractivity contribution in [1.82, 2.24) is 15.1 Å². The monoisotopic (exact) mass is 258 g/mol. The van der Waals surface area contributed by atoms with Crippen molar-refractivity contribution >= 4 is 16.8 Å². The quantitative estimate of drug-likeness (QED) is 0.814. The molecule has 1 aliphatic heterocycles. The first-order valence-corrected chi connectivity index (χ1v) is 6.65. The summed E-state index contributed by atoms with van der Waals surface area (Å²) in [6, 6.07) is 6.06. The Balaban J connectivity index is 1.86. The molecule has 0 bridgehead atoms. The summed E-state index contributed by atoms with van der Waals surface area (Å²) in [5, 5.41) is 7.83. The number of hydrogen-bond donors (Lipinski definition) is 2. The summed E-state index contributed by atoms with van der Waals surface area (Å²) in [5.74, 6) is 0.0856. The lowest BCUT2D eigenvalue weighted by atomic mass is 9.98. The molecule has 3 N–H and O–H groups in total. The van der Waals surface area contributed by atoms with E-state index in [1.165, 1.54) is 0 Å². The third kappa shape index (κ3) is 2.21. The van der Waals surface area contributed by atoms with Crippen LogP contribution in [0.25, 0.3) is 10.9 Å². The number of carbonyl (C=O) groups is 1. The van der Waals surface area contributed by atoms with Crippen LogP contribution in [-0.2, 0) is 0 Å². The number of fused-ring (bicyclic) bond motifs is 1. The Bertz CT molecular complexity index is 606. The van der Waals surface area contributed by atoms with Gasteiger partial charge in [0.25, 0.3) is 5.91 Å². The van der Waals surface area contributed by atoms with Crippen molar-refractivity contribution < 1.29 is 4.79 Å². The van der Waals surface area contributed by atoms with Gasteiger partial charge in [0, 0.05) is 29.6 Å². The van der Waals surface area contributed by atoms with Crippen LogP contribution in [0.3, 0.4) is 0 Å². The second kappa shape index (κ2) is 4.66. The molecule has 5 heteroatoms. The highest BCUT2D eigenvalue weighted by molar-refractivity contribution is 5.98. The van der Waals surface area contributed by atoms with Crippen LogP contribution in [0.15, 0.2) is 24.4 Å². The Morgan fingerprint density at radius 1 is 1.53 bits per heavy atom. The highest BCUT2D eigenvalue weighted by atomic mass is 16.2. The van der Waals surface area contributed by atoms with Crippen LogP contribution in [0, 0.1) is 0 Å². The predicted octanol–water partition coefficient (Wildman–Crippen LogP) is 1.51. The van der Waals surface area contributed by atoms with E-state index in [1.54, 1.807) is 6.20 Å². The molecule has 1 aromatic carbocycles. The topological polar surface area (TPSA) is 75.0 Å². The third-order valence-electron chi connectivity index (χ3n) is 3.86. The maximum absolute atomic E-state index is 12.5. The van der Waals surface area contributed by atoms with Gasteiger partial charge in [-0.05, 0) is 38.0 Å². The fourth-order valence-electron chi connectivity index (χ4n) is 2.75. The molecule has 1 aromatic heterocycles. The highest BCUT2D eigenvalue weighted by Gasteiger charge is 2.27. The van der Waals surface area contributed by atoms with Crippen LogP contribution in [0.2, 0.25) is 0 Å². The summed E-state index contributed by atoms with van der Waals surface area (Å²) in [6.07, 6.45) is 3.49. The van der Waals surface area contributed by atoms with Gasteiger partial charge in [0.05, 0.1) is 11.7 Å². The lowest BCUT2D eigenvalue weighted by Gasteiger charge is -2.36. The average Bonchev–Trinajstić information content (AvgIpc) is 2.85. The summed E-state index contributed by atoms with van der Waals surface area (Å²) in [6.45, 7) is 2.80. The minimum absolute atomic E-state index is 0.0856. The zero-order chi connectivity index (χ0) is 13.4. The zero-order valence-electron chi connectivity index (χ0n) is 11.0. The molecule has 1 fully saturated rings. The Hall–Kier alpha value is -1.88.